The summed E-state index contributed by atoms with van der Waals surface area (Å²) in [4.78, 5) is 34.9. The quantitative estimate of drug-likeness (QED) is 0.406. The van der Waals surface area contributed by atoms with E-state index in [4.69, 9.17) is 23.9 Å². The van der Waals surface area contributed by atoms with Crippen LogP contribution in [0.2, 0.25) is 0 Å². The van der Waals surface area contributed by atoms with Gasteiger partial charge in [-0.2, -0.15) is 0 Å². The number of rotatable bonds is 9. The molecule has 0 saturated heterocycles. The zero-order valence-corrected chi connectivity index (χ0v) is 24.0. The van der Waals surface area contributed by atoms with Crippen LogP contribution in [0.25, 0.3) is 6.08 Å². The lowest BCUT2D eigenvalue weighted by atomic mass is 9.93. The van der Waals surface area contributed by atoms with E-state index in [9.17, 15) is 9.59 Å². The molecule has 1 aliphatic heterocycles. The molecule has 206 valence electrons. The molecule has 4 rings (SSSR count). The fraction of sp³-hybridized carbons (Fsp3) is 0.345. The molecule has 9 nitrogen and oxygen atoms in total. The van der Waals surface area contributed by atoms with Gasteiger partial charge in [-0.3, -0.25) is 14.2 Å². The highest BCUT2D eigenvalue weighted by atomic mass is 32.1. The van der Waals surface area contributed by atoms with Gasteiger partial charge in [0.2, 0.25) is 0 Å². The second kappa shape index (κ2) is 11.8. The summed E-state index contributed by atoms with van der Waals surface area (Å²) >= 11 is 1.26. The molecule has 0 aliphatic carbocycles. The van der Waals surface area contributed by atoms with Gasteiger partial charge in [-0.1, -0.05) is 11.3 Å². The van der Waals surface area contributed by atoms with Gasteiger partial charge in [0, 0.05) is 30.3 Å². The molecule has 0 spiro atoms. The Morgan fingerprint density at radius 2 is 1.62 bits per heavy atom. The smallest absolute Gasteiger partial charge is 0.271 e. The fourth-order valence-corrected chi connectivity index (χ4v) is 5.74. The van der Waals surface area contributed by atoms with Gasteiger partial charge >= 0.3 is 0 Å². The van der Waals surface area contributed by atoms with Crippen LogP contribution in [-0.4, -0.2) is 56.9 Å². The largest absolute Gasteiger partial charge is 0.497 e. The van der Waals surface area contributed by atoms with Gasteiger partial charge < -0.3 is 23.8 Å². The van der Waals surface area contributed by atoms with Crippen molar-refractivity contribution < 1.29 is 23.7 Å². The van der Waals surface area contributed by atoms with Crippen LogP contribution in [0.4, 0.5) is 0 Å². The average Bonchev–Trinajstić information content (AvgIpc) is 3.26. The molecule has 2 heterocycles. The first-order valence-electron chi connectivity index (χ1n) is 12.6. The Morgan fingerprint density at radius 3 is 2.23 bits per heavy atom. The SMILES string of the molecule is CCN(CC)C(=O)C1=C(C)N=c2s/c(=C/c3ccc(OC)cc3OC)c(=O)n2[C@@H]1c1cc(OC)ccc1OC. The van der Waals surface area contributed by atoms with Gasteiger partial charge in [-0.05, 0) is 57.2 Å². The van der Waals surface area contributed by atoms with E-state index in [-0.39, 0.29) is 11.5 Å². The Hall–Kier alpha value is -4.05. The summed E-state index contributed by atoms with van der Waals surface area (Å²) in [5.74, 6) is 2.15. The van der Waals surface area contributed by atoms with Crippen LogP contribution in [0.3, 0.4) is 0 Å². The number of allylic oxidation sites excluding steroid dienone is 1. The number of carbonyl (C=O) groups excluding carboxylic acids is 1. The number of carbonyl (C=O) groups is 1. The van der Waals surface area contributed by atoms with E-state index in [1.165, 1.54) is 11.3 Å². The minimum absolute atomic E-state index is 0.178. The third-order valence-corrected chi connectivity index (χ3v) is 7.74. The Balaban J connectivity index is 2.02. The van der Waals surface area contributed by atoms with Crippen molar-refractivity contribution in [1.29, 1.82) is 0 Å². The molecular weight excluding hydrogens is 518 g/mol. The number of thiazole rings is 1. The minimum Gasteiger partial charge on any atom is -0.497 e. The predicted molar refractivity (Wildman–Crippen MR) is 151 cm³/mol. The highest BCUT2D eigenvalue weighted by Crippen LogP contribution is 2.38. The van der Waals surface area contributed by atoms with E-state index in [0.29, 0.717) is 67.8 Å². The lowest BCUT2D eigenvalue weighted by molar-refractivity contribution is -0.127. The first kappa shape index (κ1) is 28.0. The summed E-state index contributed by atoms with van der Waals surface area (Å²) < 4.78 is 24.1. The van der Waals surface area contributed by atoms with E-state index in [1.807, 2.05) is 19.9 Å². The van der Waals surface area contributed by atoms with Crippen molar-refractivity contribution >= 4 is 23.3 Å². The van der Waals surface area contributed by atoms with Crippen molar-refractivity contribution in [3.05, 3.63) is 78.5 Å². The van der Waals surface area contributed by atoms with Gasteiger partial charge in [0.25, 0.3) is 11.5 Å². The third-order valence-electron chi connectivity index (χ3n) is 6.76. The molecule has 0 radical (unpaired) electrons. The van der Waals surface area contributed by atoms with Crippen LogP contribution in [0, 0.1) is 0 Å². The number of amides is 1. The van der Waals surface area contributed by atoms with E-state index in [2.05, 4.69) is 0 Å². The molecular formula is C29H33N3O6S. The highest BCUT2D eigenvalue weighted by Gasteiger charge is 2.36. The minimum atomic E-state index is -0.765. The topological polar surface area (TPSA) is 91.6 Å². The molecule has 1 atom stereocenters. The van der Waals surface area contributed by atoms with Gasteiger partial charge in [-0.25, -0.2) is 4.99 Å². The molecule has 10 heteroatoms. The van der Waals surface area contributed by atoms with Crippen LogP contribution in [0.5, 0.6) is 23.0 Å². The Labute approximate surface area is 231 Å². The van der Waals surface area contributed by atoms with Crippen LogP contribution >= 0.6 is 11.3 Å². The summed E-state index contributed by atoms with van der Waals surface area (Å²) in [5, 5.41) is 0. The summed E-state index contributed by atoms with van der Waals surface area (Å²) in [7, 11) is 6.28. The number of ether oxygens (including phenoxy) is 4. The fourth-order valence-electron chi connectivity index (χ4n) is 4.70. The average molecular weight is 552 g/mol. The number of hydrogen-bond acceptors (Lipinski definition) is 8. The van der Waals surface area contributed by atoms with Crippen LogP contribution in [0.15, 0.2) is 57.5 Å². The number of hydrogen-bond donors (Lipinski definition) is 0. The van der Waals surface area contributed by atoms with Crippen LogP contribution in [0.1, 0.15) is 37.9 Å². The Morgan fingerprint density at radius 1 is 0.974 bits per heavy atom. The maximum absolute atomic E-state index is 14.1. The molecule has 1 amide bonds. The van der Waals surface area contributed by atoms with Gasteiger partial charge in [0.1, 0.15) is 29.0 Å². The summed E-state index contributed by atoms with van der Waals surface area (Å²) in [6, 6.07) is 10.0. The summed E-state index contributed by atoms with van der Waals surface area (Å²) in [5.41, 5.74) is 2.05. The van der Waals surface area contributed by atoms with Gasteiger partial charge in [0.15, 0.2) is 4.80 Å². The maximum Gasteiger partial charge on any atom is 0.271 e. The number of benzene rings is 2. The van der Waals surface area contributed by atoms with Gasteiger partial charge in [-0.15, -0.1) is 0 Å². The molecule has 1 aliphatic rings. The van der Waals surface area contributed by atoms with Gasteiger partial charge in [0.05, 0.1) is 44.2 Å². The molecule has 2 aromatic carbocycles. The molecule has 0 bridgehead atoms. The Bertz CT molecular complexity index is 1600. The monoisotopic (exact) mass is 551 g/mol. The van der Waals surface area contributed by atoms with E-state index in [1.54, 1.807) is 81.2 Å². The number of methoxy groups -OCH3 is 4. The summed E-state index contributed by atoms with van der Waals surface area (Å²) in [6.07, 6.45) is 1.77. The Kier molecular flexibility index (Phi) is 8.44. The number of nitrogens with zero attached hydrogens (tertiary/aromatic N) is 3. The highest BCUT2D eigenvalue weighted by molar-refractivity contribution is 7.07. The third kappa shape index (κ3) is 5.16. The van der Waals surface area contributed by atoms with Crippen molar-refractivity contribution in [1.82, 2.24) is 9.47 Å². The maximum atomic E-state index is 14.1. The van der Waals surface area contributed by atoms with Crippen molar-refractivity contribution in [2.75, 3.05) is 41.5 Å². The second-order valence-corrected chi connectivity index (χ2v) is 9.78. The van der Waals surface area contributed by atoms with E-state index < -0.39 is 6.04 Å². The van der Waals surface area contributed by atoms with Crippen LogP contribution < -0.4 is 33.8 Å². The first-order valence-corrected chi connectivity index (χ1v) is 13.4. The number of aromatic nitrogens is 1. The van der Waals surface area contributed by atoms with Crippen molar-refractivity contribution in [3.8, 4) is 23.0 Å². The number of fused-ring (bicyclic) bond motifs is 1. The first-order chi connectivity index (χ1) is 18.8. The lowest BCUT2D eigenvalue weighted by Gasteiger charge is -2.30. The van der Waals surface area contributed by atoms with Crippen molar-refractivity contribution in [3.63, 3.8) is 0 Å². The molecule has 0 saturated carbocycles. The van der Waals surface area contributed by atoms with E-state index >= 15 is 0 Å². The normalized spacial score (nSPS) is 14.9. The zero-order chi connectivity index (χ0) is 28.3. The van der Waals surface area contributed by atoms with E-state index in [0.717, 1.165) is 0 Å². The molecule has 0 N–H and O–H groups in total. The second-order valence-electron chi connectivity index (χ2n) is 8.78. The lowest BCUT2D eigenvalue weighted by Crippen LogP contribution is -2.43. The summed E-state index contributed by atoms with van der Waals surface area (Å²) in [6.45, 7) is 6.71. The molecule has 0 fully saturated rings. The molecule has 0 unspecified atom stereocenters. The molecule has 39 heavy (non-hydrogen) atoms. The predicted octanol–water partition coefficient (Wildman–Crippen LogP) is 3.14. The van der Waals surface area contributed by atoms with Crippen molar-refractivity contribution in [2.24, 2.45) is 4.99 Å². The zero-order valence-electron chi connectivity index (χ0n) is 23.2. The van der Waals surface area contributed by atoms with Crippen LogP contribution in [-0.2, 0) is 4.79 Å². The van der Waals surface area contributed by atoms with Crippen molar-refractivity contribution in [2.45, 2.75) is 26.8 Å². The number of likely N-dealkylation sites (N-methyl/N-ethyl adjacent to an activating group) is 1. The molecule has 1 aromatic heterocycles. The molecule has 3 aromatic rings. The standard InChI is InChI=1S/C29H33N3O6S/c1-8-31(9-2)28(34)25-17(3)30-29-32(26(25)21-15-19(35-4)12-13-22(21)37-6)27(33)24(39-29)14-18-10-11-20(36-5)16-23(18)38-7/h10-16,26H,8-9H2,1-7H3/b24-14+/t26-/m1/s1.